The molecule has 3 heteroatoms. The Morgan fingerprint density at radius 1 is 1.05 bits per heavy atom. The van der Waals surface area contributed by atoms with Gasteiger partial charge in [0.15, 0.2) is 5.58 Å². The number of aromatic nitrogens is 1. The van der Waals surface area contributed by atoms with Gasteiger partial charge in [-0.05, 0) is 50.1 Å². The van der Waals surface area contributed by atoms with Crippen molar-refractivity contribution in [2.75, 3.05) is 0 Å². The quantitative estimate of drug-likeness (QED) is 0.617. The number of halogens is 1. The van der Waals surface area contributed by atoms with Gasteiger partial charge in [0.25, 0.3) is 0 Å². The summed E-state index contributed by atoms with van der Waals surface area (Å²) >= 11 is 6.25. The predicted octanol–water partition coefficient (Wildman–Crippen LogP) is 5.07. The maximum Gasteiger partial charge on any atom is 0.227 e. The van der Waals surface area contributed by atoms with Crippen molar-refractivity contribution in [2.45, 2.75) is 20.8 Å². The number of aryl methyl sites for hydroxylation is 3. The van der Waals surface area contributed by atoms with Crippen molar-refractivity contribution < 1.29 is 4.42 Å². The second-order valence-electron chi connectivity index (χ2n) is 4.86. The second-order valence-corrected chi connectivity index (χ2v) is 5.24. The predicted molar refractivity (Wildman–Crippen MR) is 78.7 cm³/mol. The van der Waals surface area contributed by atoms with Crippen LogP contribution < -0.4 is 0 Å². The van der Waals surface area contributed by atoms with Gasteiger partial charge in [-0.3, -0.25) is 0 Å². The van der Waals surface area contributed by atoms with E-state index in [1.165, 1.54) is 5.56 Å². The zero-order valence-electron chi connectivity index (χ0n) is 11.1. The van der Waals surface area contributed by atoms with Crippen LogP contribution in [0.1, 0.15) is 16.7 Å². The largest absolute Gasteiger partial charge is 0.436 e. The maximum atomic E-state index is 6.25. The number of nitrogens with zero attached hydrogens (tertiary/aromatic N) is 1. The third-order valence-corrected chi connectivity index (χ3v) is 3.91. The van der Waals surface area contributed by atoms with Gasteiger partial charge in [-0.1, -0.05) is 29.3 Å². The first-order valence-corrected chi connectivity index (χ1v) is 6.57. The molecule has 0 radical (unpaired) electrons. The molecule has 0 saturated carbocycles. The molecule has 0 atom stereocenters. The smallest absolute Gasteiger partial charge is 0.227 e. The van der Waals surface area contributed by atoms with Crippen molar-refractivity contribution in [3.8, 4) is 11.5 Å². The first kappa shape index (κ1) is 12.2. The van der Waals surface area contributed by atoms with Crippen LogP contribution in [-0.2, 0) is 0 Å². The van der Waals surface area contributed by atoms with E-state index in [2.05, 4.69) is 24.0 Å². The molecule has 3 aromatic rings. The Morgan fingerprint density at radius 3 is 2.42 bits per heavy atom. The molecule has 19 heavy (non-hydrogen) atoms. The summed E-state index contributed by atoms with van der Waals surface area (Å²) in [5.74, 6) is 0.639. The number of fused-ring (bicyclic) bond motifs is 1. The summed E-state index contributed by atoms with van der Waals surface area (Å²) in [6, 6.07) is 10.1. The molecular weight excluding hydrogens is 258 g/mol. The minimum atomic E-state index is 0.639. The lowest BCUT2D eigenvalue weighted by atomic mass is 10.1. The van der Waals surface area contributed by atoms with E-state index in [0.29, 0.717) is 5.89 Å². The normalized spacial score (nSPS) is 11.2. The fraction of sp³-hybridized carbons (Fsp3) is 0.188. The first-order valence-electron chi connectivity index (χ1n) is 6.19. The molecule has 0 fully saturated rings. The van der Waals surface area contributed by atoms with Crippen LogP contribution in [0.3, 0.4) is 0 Å². The third-order valence-electron chi connectivity index (χ3n) is 3.33. The molecule has 0 N–H and O–H groups in total. The zero-order chi connectivity index (χ0) is 13.6. The summed E-state index contributed by atoms with van der Waals surface area (Å²) in [4.78, 5) is 4.56. The van der Waals surface area contributed by atoms with Crippen molar-refractivity contribution in [1.82, 2.24) is 4.98 Å². The molecule has 96 valence electrons. The van der Waals surface area contributed by atoms with Crippen LogP contribution in [0.2, 0.25) is 5.02 Å². The maximum absolute atomic E-state index is 6.25. The number of oxazole rings is 1. The molecule has 2 aromatic carbocycles. The van der Waals surface area contributed by atoms with Gasteiger partial charge < -0.3 is 4.42 Å². The molecule has 0 aliphatic heterocycles. The molecule has 0 amide bonds. The van der Waals surface area contributed by atoms with E-state index in [4.69, 9.17) is 16.0 Å². The molecule has 0 bridgehead atoms. The molecule has 1 heterocycles. The monoisotopic (exact) mass is 271 g/mol. The average Bonchev–Trinajstić information content (AvgIpc) is 2.81. The molecule has 0 aliphatic carbocycles. The summed E-state index contributed by atoms with van der Waals surface area (Å²) in [5, 5.41) is 0.760. The Bertz CT molecular complexity index is 757. The first-order chi connectivity index (χ1) is 9.06. The summed E-state index contributed by atoms with van der Waals surface area (Å²) in [7, 11) is 0. The van der Waals surface area contributed by atoms with Gasteiger partial charge >= 0.3 is 0 Å². The van der Waals surface area contributed by atoms with E-state index in [9.17, 15) is 0 Å². The fourth-order valence-electron chi connectivity index (χ4n) is 2.18. The lowest BCUT2D eigenvalue weighted by Crippen LogP contribution is -1.83. The van der Waals surface area contributed by atoms with Gasteiger partial charge in [0.1, 0.15) is 5.52 Å². The molecule has 1 aromatic heterocycles. The van der Waals surface area contributed by atoms with Gasteiger partial charge in [-0.2, -0.15) is 0 Å². The molecule has 0 unspecified atom stereocenters. The summed E-state index contributed by atoms with van der Waals surface area (Å²) in [5.41, 5.74) is 5.81. The topological polar surface area (TPSA) is 26.0 Å². The Labute approximate surface area is 117 Å². The number of hydrogen-bond donors (Lipinski definition) is 0. The van der Waals surface area contributed by atoms with Crippen molar-refractivity contribution in [2.24, 2.45) is 0 Å². The Morgan fingerprint density at radius 2 is 1.74 bits per heavy atom. The van der Waals surface area contributed by atoms with Crippen LogP contribution in [0.5, 0.6) is 0 Å². The van der Waals surface area contributed by atoms with Gasteiger partial charge in [-0.25, -0.2) is 4.98 Å². The van der Waals surface area contributed by atoms with E-state index in [-0.39, 0.29) is 0 Å². The third kappa shape index (κ3) is 2.02. The van der Waals surface area contributed by atoms with Crippen LogP contribution in [0, 0.1) is 20.8 Å². The highest BCUT2D eigenvalue weighted by atomic mass is 35.5. The zero-order valence-corrected chi connectivity index (χ0v) is 11.9. The highest BCUT2D eigenvalue weighted by Gasteiger charge is 2.13. The molecule has 0 aliphatic rings. The highest BCUT2D eigenvalue weighted by Crippen LogP contribution is 2.32. The lowest BCUT2D eigenvalue weighted by Gasteiger charge is -2.00. The minimum Gasteiger partial charge on any atom is -0.436 e. The van der Waals surface area contributed by atoms with Gasteiger partial charge in [0.2, 0.25) is 5.89 Å². The van der Waals surface area contributed by atoms with Crippen molar-refractivity contribution in [1.29, 1.82) is 0 Å². The van der Waals surface area contributed by atoms with E-state index in [1.54, 1.807) is 0 Å². The van der Waals surface area contributed by atoms with E-state index < -0.39 is 0 Å². The van der Waals surface area contributed by atoms with Crippen LogP contribution in [0.25, 0.3) is 22.6 Å². The Balaban J connectivity index is 2.22. The van der Waals surface area contributed by atoms with Gasteiger partial charge in [0.05, 0.1) is 0 Å². The Kier molecular flexibility index (Phi) is 2.83. The number of hydrogen-bond acceptors (Lipinski definition) is 2. The summed E-state index contributed by atoms with van der Waals surface area (Å²) in [6.45, 7) is 6.01. The molecule has 0 spiro atoms. The van der Waals surface area contributed by atoms with Crippen molar-refractivity contribution >= 4 is 22.7 Å². The van der Waals surface area contributed by atoms with Crippen LogP contribution in [0.4, 0.5) is 0 Å². The fourth-order valence-corrected chi connectivity index (χ4v) is 2.32. The molecule has 2 nitrogen and oxygen atoms in total. The van der Waals surface area contributed by atoms with E-state index >= 15 is 0 Å². The molecule has 3 rings (SSSR count). The van der Waals surface area contributed by atoms with Crippen LogP contribution in [0.15, 0.2) is 34.7 Å². The van der Waals surface area contributed by atoms with E-state index in [0.717, 1.165) is 32.8 Å². The molecule has 0 saturated heterocycles. The van der Waals surface area contributed by atoms with Crippen molar-refractivity contribution in [3.05, 3.63) is 52.0 Å². The van der Waals surface area contributed by atoms with Gasteiger partial charge in [-0.15, -0.1) is 0 Å². The number of benzene rings is 2. The number of rotatable bonds is 1. The van der Waals surface area contributed by atoms with Crippen LogP contribution >= 0.6 is 11.6 Å². The minimum absolute atomic E-state index is 0.639. The van der Waals surface area contributed by atoms with E-state index in [1.807, 2.05) is 32.0 Å². The van der Waals surface area contributed by atoms with Gasteiger partial charge in [0, 0.05) is 10.6 Å². The molecular formula is C16H14ClNO. The van der Waals surface area contributed by atoms with Crippen molar-refractivity contribution in [3.63, 3.8) is 0 Å². The highest BCUT2D eigenvalue weighted by molar-refractivity contribution is 6.33. The summed E-state index contributed by atoms with van der Waals surface area (Å²) < 4.78 is 5.84. The Hall–Kier alpha value is -1.80. The van der Waals surface area contributed by atoms with Crippen LogP contribution in [-0.4, -0.2) is 4.98 Å². The second kappa shape index (κ2) is 4.39. The lowest BCUT2D eigenvalue weighted by molar-refractivity contribution is 0.619. The standard InChI is InChI=1S/C16H14ClNO/c1-9-4-6-12(7-5-9)16-18-15-11(3)14(17)10(2)8-13(15)19-16/h4-8H,1-3H3. The summed E-state index contributed by atoms with van der Waals surface area (Å²) in [6.07, 6.45) is 0. The average molecular weight is 272 g/mol. The SMILES string of the molecule is Cc1ccc(-c2nc3c(C)c(Cl)c(C)cc3o2)cc1.